The number of nitro benzene ring substituents is 1. The van der Waals surface area contributed by atoms with Crippen molar-refractivity contribution in [3.63, 3.8) is 0 Å². The van der Waals surface area contributed by atoms with Crippen LogP contribution in [0.4, 0.5) is 5.69 Å². The fourth-order valence-corrected chi connectivity index (χ4v) is 2.73. The third kappa shape index (κ3) is 3.43. The molecule has 1 aromatic rings. The summed E-state index contributed by atoms with van der Waals surface area (Å²) in [4.78, 5) is 9.61. The summed E-state index contributed by atoms with van der Waals surface area (Å²) in [5, 5.41) is 10.3. The molecule has 0 spiro atoms. The average molecular weight is 289 g/mol. The zero-order valence-electron chi connectivity index (χ0n) is 9.09. The van der Waals surface area contributed by atoms with Gasteiger partial charge in [0.25, 0.3) is 5.69 Å². The fourth-order valence-electron chi connectivity index (χ4n) is 1.16. The van der Waals surface area contributed by atoms with E-state index in [-0.39, 0.29) is 28.6 Å². The predicted molar refractivity (Wildman–Crippen MR) is 66.7 cm³/mol. The van der Waals surface area contributed by atoms with Crippen LogP contribution in [0.2, 0.25) is 5.02 Å². The highest BCUT2D eigenvalue weighted by molar-refractivity contribution is 7.89. The Labute approximate surface area is 109 Å². The van der Waals surface area contributed by atoms with Crippen LogP contribution in [0.25, 0.3) is 0 Å². The molecule has 0 bridgehead atoms. The lowest BCUT2D eigenvalue weighted by Crippen LogP contribution is -2.24. The van der Waals surface area contributed by atoms with Gasteiger partial charge in [-0.05, 0) is 6.07 Å². The molecule has 1 aromatic carbocycles. The van der Waals surface area contributed by atoms with Crippen molar-refractivity contribution in [1.82, 2.24) is 4.72 Å². The lowest BCUT2D eigenvalue weighted by molar-refractivity contribution is -0.384. The molecule has 0 heterocycles. The van der Waals surface area contributed by atoms with E-state index in [0.29, 0.717) is 0 Å². The Morgan fingerprint density at radius 3 is 2.67 bits per heavy atom. The van der Waals surface area contributed by atoms with Crippen LogP contribution >= 0.6 is 11.6 Å². The van der Waals surface area contributed by atoms with Crippen LogP contribution < -0.4 is 4.72 Å². The van der Waals surface area contributed by atoms with Crippen molar-refractivity contribution in [2.75, 3.05) is 6.54 Å². The minimum absolute atomic E-state index is 0.0755. The molecule has 0 saturated heterocycles. The van der Waals surface area contributed by atoms with Gasteiger partial charge in [0.2, 0.25) is 10.0 Å². The summed E-state index contributed by atoms with van der Waals surface area (Å²) in [7, 11) is -3.81. The Morgan fingerprint density at radius 1 is 1.50 bits per heavy atom. The normalized spacial score (nSPS) is 10.9. The lowest BCUT2D eigenvalue weighted by Gasteiger charge is -2.06. The molecule has 96 valence electrons. The van der Waals surface area contributed by atoms with E-state index >= 15 is 0 Å². The van der Waals surface area contributed by atoms with Gasteiger partial charge in [0.15, 0.2) is 0 Å². The number of halogens is 1. The summed E-state index contributed by atoms with van der Waals surface area (Å²) in [5.74, 6) is 2.28. The molecule has 1 N–H and O–H groups in total. The standard InChI is InChI=1S/C10H9ClN2O4S/c1-2-3-6-12-18(16,17)10-5-4-8(13(14)15)7-9(10)11/h1,4-5,7,12H,3,6H2. The fraction of sp³-hybridized carbons (Fsp3) is 0.200. The molecule has 0 saturated carbocycles. The Balaban J connectivity index is 3.03. The summed E-state index contributed by atoms with van der Waals surface area (Å²) in [6.07, 6.45) is 5.23. The Kier molecular flexibility index (Phi) is 4.67. The largest absolute Gasteiger partial charge is 0.271 e. The summed E-state index contributed by atoms with van der Waals surface area (Å²) >= 11 is 5.71. The van der Waals surface area contributed by atoms with Gasteiger partial charge in [-0.25, -0.2) is 13.1 Å². The summed E-state index contributed by atoms with van der Waals surface area (Å²) in [5.41, 5.74) is -0.275. The van der Waals surface area contributed by atoms with Crippen LogP contribution in [0.1, 0.15) is 6.42 Å². The number of nitro groups is 1. The third-order valence-corrected chi connectivity index (χ3v) is 3.92. The van der Waals surface area contributed by atoms with E-state index in [1.165, 1.54) is 0 Å². The van der Waals surface area contributed by atoms with Crippen molar-refractivity contribution < 1.29 is 13.3 Å². The molecule has 0 aliphatic heterocycles. The van der Waals surface area contributed by atoms with E-state index in [0.717, 1.165) is 18.2 Å². The van der Waals surface area contributed by atoms with Crippen molar-refractivity contribution in [2.45, 2.75) is 11.3 Å². The molecular formula is C10H9ClN2O4S. The quantitative estimate of drug-likeness (QED) is 0.385. The number of benzene rings is 1. The number of sulfonamides is 1. The van der Waals surface area contributed by atoms with Crippen molar-refractivity contribution in [3.05, 3.63) is 33.3 Å². The monoisotopic (exact) mass is 288 g/mol. The highest BCUT2D eigenvalue weighted by atomic mass is 35.5. The maximum absolute atomic E-state index is 11.8. The second kappa shape index (κ2) is 5.82. The van der Waals surface area contributed by atoms with Gasteiger partial charge >= 0.3 is 0 Å². The van der Waals surface area contributed by atoms with Crippen LogP contribution in [-0.4, -0.2) is 19.9 Å². The van der Waals surface area contributed by atoms with Gasteiger partial charge in [0, 0.05) is 25.1 Å². The number of nitrogens with one attached hydrogen (secondary N) is 1. The molecule has 0 radical (unpaired) electrons. The predicted octanol–water partition coefficient (Wildman–Crippen LogP) is 1.55. The van der Waals surface area contributed by atoms with Gasteiger partial charge in [-0.2, -0.15) is 0 Å². The first-order valence-electron chi connectivity index (χ1n) is 4.75. The maximum atomic E-state index is 11.8. The molecule has 0 unspecified atom stereocenters. The van der Waals surface area contributed by atoms with Gasteiger partial charge in [0.05, 0.1) is 9.95 Å². The molecule has 1 rings (SSSR count). The first-order valence-corrected chi connectivity index (χ1v) is 6.61. The van der Waals surface area contributed by atoms with Crippen molar-refractivity contribution in [1.29, 1.82) is 0 Å². The summed E-state index contributed by atoms with van der Waals surface area (Å²) < 4.78 is 25.8. The van der Waals surface area contributed by atoms with Crippen molar-refractivity contribution in [3.8, 4) is 12.3 Å². The van der Waals surface area contributed by atoms with Gasteiger partial charge in [-0.3, -0.25) is 10.1 Å². The molecule has 18 heavy (non-hydrogen) atoms. The Bertz CT molecular complexity index is 607. The summed E-state index contributed by atoms with van der Waals surface area (Å²) in [6, 6.07) is 3.14. The number of nitrogens with zero attached hydrogens (tertiary/aromatic N) is 1. The lowest BCUT2D eigenvalue weighted by atomic mass is 10.3. The van der Waals surface area contributed by atoms with Gasteiger partial charge in [-0.1, -0.05) is 11.6 Å². The average Bonchev–Trinajstić information content (AvgIpc) is 2.28. The molecule has 6 nitrogen and oxygen atoms in total. The van der Waals surface area contributed by atoms with Crippen molar-refractivity contribution in [2.24, 2.45) is 0 Å². The topological polar surface area (TPSA) is 89.3 Å². The first-order chi connectivity index (χ1) is 8.38. The Morgan fingerprint density at radius 2 is 2.17 bits per heavy atom. The highest BCUT2D eigenvalue weighted by Gasteiger charge is 2.19. The van der Waals surface area contributed by atoms with E-state index in [1.54, 1.807) is 0 Å². The summed E-state index contributed by atoms with van der Waals surface area (Å²) in [6.45, 7) is 0.0755. The molecular weight excluding hydrogens is 280 g/mol. The SMILES string of the molecule is C#CCCNS(=O)(=O)c1ccc([N+](=O)[O-])cc1Cl. The zero-order valence-corrected chi connectivity index (χ0v) is 10.7. The number of terminal acetylenes is 1. The van der Waals surface area contributed by atoms with E-state index in [4.69, 9.17) is 18.0 Å². The first kappa shape index (κ1) is 14.4. The third-order valence-electron chi connectivity index (χ3n) is 1.98. The van der Waals surface area contributed by atoms with Crippen LogP contribution in [0.15, 0.2) is 23.1 Å². The second-order valence-corrected chi connectivity index (χ2v) is 5.37. The zero-order chi connectivity index (χ0) is 13.8. The molecule has 0 aliphatic carbocycles. The Hall–Kier alpha value is -1.62. The van der Waals surface area contributed by atoms with Crippen molar-refractivity contribution >= 4 is 27.3 Å². The minimum Gasteiger partial charge on any atom is -0.258 e. The molecule has 0 aliphatic rings. The molecule has 0 atom stereocenters. The molecule has 0 aromatic heterocycles. The molecule has 0 fully saturated rings. The smallest absolute Gasteiger partial charge is 0.258 e. The number of non-ortho nitro benzene ring substituents is 1. The number of hydrogen-bond donors (Lipinski definition) is 1. The van der Waals surface area contributed by atoms with Crippen LogP contribution in [-0.2, 0) is 10.0 Å². The van der Waals surface area contributed by atoms with Crippen LogP contribution in [0.3, 0.4) is 0 Å². The van der Waals surface area contributed by atoms with Gasteiger partial charge in [-0.15, -0.1) is 12.3 Å². The van der Waals surface area contributed by atoms with Gasteiger partial charge in [0.1, 0.15) is 4.90 Å². The van der Waals surface area contributed by atoms with E-state index < -0.39 is 14.9 Å². The number of rotatable bonds is 5. The van der Waals surface area contributed by atoms with Gasteiger partial charge < -0.3 is 0 Å². The minimum atomic E-state index is -3.81. The molecule has 8 heteroatoms. The van der Waals surface area contributed by atoms with Crippen LogP contribution in [0.5, 0.6) is 0 Å². The van der Waals surface area contributed by atoms with E-state index in [9.17, 15) is 18.5 Å². The van der Waals surface area contributed by atoms with Crippen LogP contribution in [0, 0.1) is 22.5 Å². The second-order valence-electron chi connectivity index (χ2n) is 3.22. The highest BCUT2D eigenvalue weighted by Crippen LogP contribution is 2.25. The van der Waals surface area contributed by atoms with E-state index in [2.05, 4.69) is 10.6 Å². The van der Waals surface area contributed by atoms with E-state index in [1.807, 2.05) is 0 Å². The molecule has 0 amide bonds. The maximum Gasteiger partial charge on any atom is 0.271 e. The number of hydrogen-bond acceptors (Lipinski definition) is 4.